The maximum atomic E-state index is 12.1. The lowest BCUT2D eigenvalue weighted by molar-refractivity contribution is -0.115. The van der Waals surface area contributed by atoms with Crippen molar-refractivity contribution in [2.45, 2.75) is 13.8 Å². The predicted octanol–water partition coefficient (Wildman–Crippen LogP) is 2.22. The molecule has 0 spiro atoms. The van der Waals surface area contributed by atoms with Crippen molar-refractivity contribution in [1.82, 2.24) is 10.3 Å². The van der Waals surface area contributed by atoms with E-state index >= 15 is 0 Å². The molecule has 0 bridgehead atoms. The standard InChI is InChI=1S/C15H17N3O3S/c1-3-21-12-7-5-4-6-11(12)14(20)16-8-13(19)18-15-17-10(2)9-22-15/h4-7,9H,3,8H2,1-2H3,(H,16,20)(H,17,18,19). The van der Waals surface area contributed by atoms with Gasteiger partial charge in [0.05, 0.1) is 24.4 Å². The first-order chi connectivity index (χ1) is 10.6. The van der Waals surface area contributed by atoms with E-state index in [-0.39, 0.29) is 18.4 Å². The number of amides is 2. The second-order valence-electron chi connectivity index (χ2n) is 4.45. The van der Waals surface area contributed by atoms with Gasteiger partial charge in [-0.05, 0) is 26.0 Å². The molecule has 0 aliphatic rings. The SMILES string of the molecule is CCOc1ccccc1C(=O)NCC(=O)Nc1nc(C)cs1. The third-order valence-corrected chi connectivity index (χ3v) is 3.58. The number of aromatic nitrogens is 1. The maximum absolute atomic E-state index is 12.1. The van der Waals surface area contributed by atoms with Gasteiger partial charge in [0, 0.05) is 5.38 Å². The molecule has 0 saturated carbocycles. The van der Waals surface area contributed by atoms with Crippen molar-refractivity contribution in [3.63, 3.8) is 0 Å². The van der Waals surface area contributed by atoms with Crippen LogP contribution in [0.15, 0.2) is 29.6 Å². The summed E-state index contributed by atoms with van der Waals surface area (Å²) in [4.78, 5) is 28.0. The number of nitrogens with zero attached hydrogens (tertiary/aromatic N) is 1. The van der Waals surface area contributed by atoms with Crippen molar-refractivity contribution in [2.24, 2.45) is 0 Å². The van der Waals surface area contributed by atoms with Crippen molar-refractivity contribution < 1.29 is 14.3 Å². The largest absolute Gasteiger partial charge is 0.493 e. The van der Waals surface area contributed by atoms with Crippen LogP contribution in [-0.4, -0.2) is 29.9 Å². The van der Waals surface area contributed by atoms with Crippen LogP contribution in [0.4, 0.5) is 5.13 Å². The van der Waals surface area contributed by atoms with E-state index in [1.165, 1.54) is 11.3 Å². The number of carbonyl (C=O) groups excluding carboxylic acids is 2. The van der Waals surface area contributed by atoms with Crippen molar-refractivity contribution >= 4 is 28.3 Å². The molecule has 2 rings (SSSR count). The summed E-state index contributed by atoms with van der Waals surface area (Å²) in [6.45, 7) is 4.03. The van der Waals surface area contributed by atoms with Gasteiger partial charge in [0.2, 0.25) is 5.91 Å². The van der Waals surface area contributed by atoms with Crippen LogP contribution in [-0.2, 0) is 4.79 Å². The lowest BCUT2D eigenvalue weighted by Crippen LogP contribution is -2.33. The smallest absolute Gasteiger partial charge is 0.255 e. The van der Waals surface area contributed by atoms with Crippen LogP contribution in [0.3, 0.4) is 0 Å². The minimum absolute atomic E-state index is 0.127. The number of rotatable bonds is 6. The summed E-state index contributed by atoms with van der Waals surface area (Å²) in [6, 6.07) is 6.91. The third-order valence-electron chi connectivity index (χ3n) is 2.71. The Morgan fingerprint density at radius 1 is 1.32 bits per heavy atom. The number of ether oxygens (including phenoxy) is 1. The molecule has 1 aromatic carbocycles. The van der Waals surface area contributed by atoms with Crippen molar-refractivity contribution in [2.75, 3.05) is 18.5 Å². The molecule has 2 N–H and O–H groups in total. The Balaban J connectivity index is 1.91. The molecular weight excluding hydrogens is 302 g/mol. The molecule has 0 atom stereocenters. The van der Waals surface area contributed by atoms with E-state index in [0.29, 0.717) is 23.1 Å². The van der Waals surface area contributed by atoms with Gasteiger partial charge >= 0.3 is 0 Å². The number of hydrogen-bond donors (Lipinski definition) is 2. The van der Waals surface area contributed by atoms with E-state index in [0.717, 1.165) is 5.69 Å². The number of carbonyl (C=O) groups is 2. The van der Waals surface area contributed by atoms with Crippen LogP contribution >= 0.6 is 11.3 Å². The molecule has 0 saturated heterocycles. The van der Waals surface area contributed by atoms with Crippen LogP contribution in [0.2, 0.25) is 0 Å². The first-order valence-corrected chi connectivity index (χ1v) is 7.70. The van der Waals surface area contributed by atoms with Gasteiger partial charge < -0.3 is 15.4 Å². The number of thiazole rings is 1. The second kappa shape index (κ2) is 7.56. The molecule has 7 heteroatoms. The van der Waals surface area contributed by atoms with Gasteiger partial charge in [-0.3, -0.25) is 9.59 Å². The van der Waals surface area contributed by atoms with Gasteiger partial charge in [-0.25, -0.2) is 4.98 Å². The average molecular weight is 319 g/mol. The molecule has 0 fully saturated rings. The maximum Gasteiger partial charge on any atom is 0.255 e. The van der Waals surface area contributed by atoms with Crippen LogP contribution in [0, 0.1) is 6.92 Å². The fraction of sp³-hybridized carbons (Fsp3) is 0.267. The Hall–Kier alpha value is -2.41. The molecule has 0 radical (unpaired) electrons. The zero-order valence-corrected chi connectivity index (χ0v) is 13.2. The summed E-state index contributed by atoms with van der Waals surface area (Å²) in [5, 5.41) is 7.56. The van der Waals surface area contributed by atoms with Gasteiger partial charge in [-0.1, -0.05) is 12.1 Å². The molecular formula is C15H17N3O3S. The molecule has 22 heavy (non-hydrogen) atoms. The Morgan fingerprint density at radius 2 is 2.09 bits per heavy atom. The number of nitrogens with one attached hydrogen (secondary N) is 2. The fourth-order valence-electron chi connectivity index (χ4n) is 1.77. The average Bonchev–Trinajstić information content (AvgIpc) is 2.91. The van der Waals surface area contributed by atoms with Gasteiger partial charge in [0.1, 0.15) is 5.75 Å². The minimum atomic E-state index is -0.352. The molecule has 0 aliphatic carbocycles. The summed E-state index contributed by atoms with van der Waals surface area (Å²) in [5.74, 6) is -0.176. The zero-order chi connectivity index (χ0) is 15.9. The summed E-state index contributed by atoms with van der Waals surface area (Å²) < 4.78 is 5.39. The fourth-order valence-corrected chi connectivity index (χ4v) is 2.47. The highest BCUT2D eigenvalue weighted by molar-refractivity contribution is 7.13. The van der Waals surface area contributed by atoms with E-state index in [1.54, 1.807) is 24.3 Å². The summed E-state index contributed by atoms with van der Waals surface area (Å²) in [7, 11) is 0. The summed E-state index contributed by atoms with van der Waals surface area (Å²) in [5.41, 5.74) is 1.25. The molecule has 2 amide bonds. The molecule has 6 nitrogen and oxygen atoms in total. The normalized spacial score (nSPS) is 10.1. The van der Waals surface area contributed by atoms with E-state index in [9.17, 15) is 9.59 Å². The predicted molar refractivity (Wildman–Crippen MR) is 85.4 cm³/mol. The van der Waals surface area contributed by atoms with Crippen LogP contribution in [0.5, 0.6) is 5.75 Å². The zero-order valence-electron chi connectivity index (χ0n) is 12.4. The Bertz CT molecular complexity index is 670. The van der Waals surface area contributed by atoms with E-state index in [4.69, 9.17) is 4.74 Å². The summed E-state index contributed by atoms with van der Waals surface area (Å²) in [6.07, 6.45) is 0. The Morgan fingerprint density at radius 3 is 2.77 bits per heavy atom. The minimum Gasteiger partial charge on any atom is -0.493 e. The molecule has 2 aromatic rings. The highest BCUT2D eigenvalue weighted by atomic mass is 32.1. The molecule has 0 aliphatic heterocycles. The number of benzene rings is 1. The lowest BCUT2D eigenvalue weighted by Gasteiger charge is -2.10. The highest BCUT2D eigenvalue weighted by Crippen LogP contribution is 2.17. The van der Waals surface area contributed by atoms with Gasteiger partial charge in [0.15, 0.2) is 5.13 Å². The van der Waals surface area contributed by atoms with E-state index in [1.807, 2.05) is 19.2 Å². The lowest BCUT2D eigenvalue weighted by atomic mass is 10.2. The van der Waals surface area contributed by atoms with Crippen molar-refractivity contribution in [1.29, 1.82) is 0 Å². The van der Waals surface area contributed by atoms with Crippen LogP contribution in [0.25, 0.3) is 0 Å². The van der Waals surface area contributed by atoms with E-state index in [2.05, 4.69) is 15.6 Å². The number of hydrogen-bond acceptors (Lipinski definition) is 5. The van der Waals surface area contributed by atoms with Gasteiger partial charge in [0.25, 0.3) is 5.91 Å². The van der Waals surface area contributed by atoms with Crippen molar-refractivity contribution in [3.05, 3.63) is 40.9 Å². The highest BCUT2D eigenvalue weighted by Gasteiger charge is 2.13. The second-order valence-corrected chi connectivity index (χ2v) is 5.31. The first-order valence-electron chi connectivity index (χ1n) is 6.82. The molecule has 1 heterocycles. The molecule has 1 aromatic heterocycles. The number of anilines is 1. The summed E-state index contributed by atoms with van der Waals surface area (Å²) >= 11 is 1.34. The number of para-hydroxylation sites is 1. The topological polar surface area (TPSA) is 80.3 Å². The third kappa shape index (κ3) is 4.29. The van der Waals surface area contributed by atoms with E-state index < -0.39 is 0 Å². The first kappa shape index (κ1) is 16.0. The Labute approximate surface area is 132 Å². The number of aryl methyl sites for hydroxylation is 1. The van der Waals surface area contributed by atoms with Gasteiger partial charge in [-0.2, -0.15) is 0 Å². The van der Waals surface area contributed by atoms with Crippen LogP contribution < -0.4 is 15.4 Å². The quantitative estimate of drug-likeness (QED) is 0.855. The van der Waals surface area contributed by atoms with Crippen molar-refractivity contribution in [3.8, 4) is 5.75 Å². The Kier molecular flexibility index (Phi) is 5.48. The monoisotopic (exact) mass is 319 g/mol. The van der Waals surface area contributed by atoms with Gasteiger partial charge in [-0.15, -0.1) is 11.3 Å². The molecule has 116 valence electrons. The van der Waals surface area contributed by atoms with Crippen LogP contribution in [0.1, 0.15) is 23.0 Å². The molecule has 0 unspecified atom stereocenters.